The molecule has 0 aliphatic rings. The number of carbonyl (C=O) groups excluding carboxylic acids is 1. The summed E-state index contributed by atoms with van der Waals surface area (Å²) in [6, 6.07) is 0. The zero-order valence-electron chi connectivity index (χ0n) is 10.4. The van der Waals surface area contributed by atoms with Gasteiger partial charge >= 0.3 is 5.97 Å². The van der Waals surface area contributed by atoms with Crippen LogP contribution in [-0.4, -0.2) is 27.6 Å². The first kappa shape index (κ1) is 13.6. The van der Waals surface area contributed by atoms with Gasteiger partial charge in [-0.1, -0.05) is 25.5 Å². The molecule has 0 saturated heterocycles. The molecule has 0 fully saturated rings. The van der Waals surface area contributed by atoms with Crippen molar-refractivity contribution in [2.75, 3.05) is 6.61 Å². The molecule has 0 aromatic carbocycles. The zero-order valence-corrected chi connectivity index (χ0v) is 10.4. The van der Waals surface area contributed by atoms with E-state index in [4.69, 9.17) is 10.5 Å². The number of nitrogens with two attached hydrogens (primary N) is 1. The van der Waals surface area contributed by atoms with Crippen LogP contribution < -0.4 is 5.73 Å². The van der Waals surface area contributed by atoms with E-state index in [1.165, 1.54) is 4.68 Å². The van der Waals surface area contributed by atoms with Crippen LogP contribution in [0.15, 0.2) is 6.20 Å². The molecule has 1 unspecified atom stereocenters. The van der Waals surface area contributed by atoms with Gasteiger partial charge in [-0.3, -0.25) is 4.79 Å². The molecule has 0 saturated carbocycles. The van der Waals surface area contributed by atoms with Crippen LogP contribution in [0.1, 0.15) is 32.4 Å². The number of carbonyl (C=O) groups is 1. The second-order valence-corrected chi connectivity index (χ2v) is 4.19. The maximum absolute atomic E-state index is 11.5. The van der Waals surface area contributed by atoms with Crippen molar-refractivity contribution in [2.24, 2.45) is 11.7 Å². The van der Waals surface area contributed by atoms with Crippen molar-refractivity contribution in [1.82, 2.24) is 15.0 Å². The molecule has 0 aliphatic heterocycles. The maximum atomic E-state index is 11.5. The molecule has 17 heavy (non-hydrogen) atoms. The van der Waals surface area contributed by atoms with E-state index in [-0.39, 0.29) is 12.5 Å². The van der Waals surface area contributed by atoms with E-state index in [1.807, 2.05) is 0 Å². The molecule has 1 aromatic heterocycles. The first-order valence-electron chi connectivity index (χ1n) is 5.90. The van der Waals surface area contributed by atoms with Gasteiger partial charge in [0.2, 0.25) is 0 Å². The molecular formula is C11H20N4O2. The van der Waals surface area contributed by atoms with Crippen LogP contribution in [-0.2, 0) is 22.6 Å². The lowest BCUT2D eigenvalue weighted by molar-refractivity contribution is -0.145. The monoisotopic (exact) mass is 240 g/mol. The summed E-state index contributed by atoms with van der Waals surface area (Å²) in [6.07, 6.45) is 3.81. The second kappa shape index (κ2) is 7.01. The fraction of sp³-hybridized carbons (Fsp3) is 0.727. The maximum Gasteiger partial charge on any atom is 0.327 e. The van der Waals surface area contributed by atoms with Crippen molar-refractivity contribution in [2.45, 2.75) is 39.8 Å². The molecule has 1 aromatic rings. The number of nitrogens with zero attached hydrogens (tertiary/aromatic N) is 3. The summed E-state index contributed by atoms with van der Waals surface area (Å²) >= 11 is 0. The van der Waals surface area contributed by atoms with Gasteiger partial charge in [-0.05, 0) is 12.3 Å². The van der Waals surface area contributed by atoms with Crippen LogP contribution in [0.25, 0.3) is 0 Å². The molecule has 2 N–H and O–H groups in total. The highest BCUT2D eigenvalue weighted by Gasteiger charge is 2.09. The molecule has 0 aliphatic carbocycles. The standard InChI is InChI=1S/C11H20N4O2/c1-3-4-9(2)8-17-11(16)7-15-6-10(5-12)13-14-15/h6,9H,3-5,7-8,12H2,1-2H3. The molecule has 0 spiro atoms. The Kier molecular flexibility index (Phi) is 5.62. The molecule has 0 bridgehead atoms. The Hall–Kier alpha value is -1.43. The summed E-state index contributed by atoms with van der Waals surface area (Å²) in [5.41, 5.74) is 6.06. The molecule has 1 atom stereocenters. The van der Waals surface area contributed by atoms with Crippen molar-refractivity contribution in [3.05, 3.63) is 11.9 Å². The molecule has 0 amide bonds. The third-order valence-corrected chi connectivity index (χ3v) is 2.40. The Balaban J connectivity index is 2.29. The van der Waals surface area contributed by atoms with Crippen molar-refractivity contribution >= 4 is 5.97 Å². The predicted molar refractivity (Wildman–Crippen MR) is 62.9 cm³/mol. The smallest absolute Gasteiger partial charge is 0.327 e. The number of esters is 1. The Morgan fingerprint density at radius 1 is 1.65 bits per heavy atom. The third-order valence-electron chi connectivity index (χ3n) is 2.40. The molecule has 96 valence electrons. The SMILES string of the molecule is CCCC(C)COC(=O)Cn1cc(CN)nn1. The fourth-order valence-corrected chi connectivity index (χ4v) is 1.50. The normalized spacial score (nSPS) is 12.4. The quantitative estimate of drug-likeness (QED) is 0.710. The largest absolute Gasteiger partial charge is 0.464 e. The van der Waals surface area contributed by atoms with Gasteiger partial charge in [-0.2, -0.15) is 0 Å². The average molecular weight is 240 g/mol. The van der Waals surface area contributed by atoms with E-state index in [0.717, 1.165) is 12.8 Å². The summed E-state index contributed by atoms with van der Waals surface area (Å²) in [5, 5.41) is 7.57. The van der Waals surface area contributed by atoms with E-state index < -0.39 is 0 Å². The number of ether oxygens (including phenoxy) is 1. The van der Waals surface area contributed by atoms with Crippen LogP contribution in [0.5, 0.6) is 0 Å². The lowest BCUT2D eigenvalue weighted by atomic mass is 10.1. The van der Waals surface area contributed by atoms with Crippen molar-refractivity contribution in [3.63, 3.8) is 0 Å². The van der Waals surface area contributed by atoms with E-state index in [1.54, 1.807) is 6.20 Å². The van der Waals surface area contributed by atoms with Crippen LogP contribution in [0.4, 0.5) is 0 Å². The van der Waals surface area contributed by atoms with Crippen LogP contribution in [0.3, 0.4) is 0 Å². The molecule has 0 radical (unpaired) electrons. The Bertz CT molecular complexity index is 351. The van der Waals surface area contributed by atoms with Gasteiger partial charge in [0, 0.05) is 6.54 Å². The summed E-state index contributed by atoms with van der Waals surface area (Å²) in [6.45, 7) is 5.06. The number of aromatic nitrogens is 3. The minimum Gasteiger partial charge on any atom is -0.464 e. The molecule has 6 heteroatoms. The van der Waals surface area contributed by atoms with Gasteiger partial charge in [0.25, 0.3) is 0 Å². The average Bonchev–Trinajstić information content (AvgIpc) is 2.74. The Morgan fingerprint density at radius 3 is 3.00 bits per heavy atom. The molecular weight excluding hydrogens is 220 g/mol. The third kappa shape index (κ3) is 4.95. The van der Waals surface area contributed by atoms with E-state index >= 15 is 0 Å². The van der Waals surface area contributed by atoms with Crippen molar-refractivity contribution < 1.29 is 9.53 Å². The van der Waals surface area contributed by atoms with Gasteiger partial charge in [-0.15, -0.1) is 5.10 Å². The minimum atomic E-state index is -0.290. The van der Waals surface area contributed by atoms with Gasteiger partial charge in [-0.25, -0.2) is 4.68 Å². The highest BCUT2D eigenvalue weighted by molar-refractivity contribution is 5.68. The van der Waals surface area contributed by atoms with Gasteiger partial charge < -0.3 is 10.5 Å². The molecule has 1 heterocycles. The number of hydrogen-bond donors (Lipinski definition) is 1. The summed E-state index contributed by atoms with van der Waals surface area (Å²) in [7, 11) is 0. The summed E-state index contributed by atoms with van der Waals surface area (Å²) < 4.78 is 6.58. The highest BCUT2D eigenvalue weighted by Crippen LogP contribution is 2.05. The Labute approximate surface area is 101 Å². The highest BCUT2D eigenvalue weighted by atomic mass is 16.5. The summed E-state index contributed by atoms with van der Waals surface area (Å²) in [4.78, 5) is 11.5. The number of rotatable bonds is 7. The first-order valence-corrected chi connectivity index (χ1v) is 5.90. The van der Waals surface area contributed by atoms with Gasteiger partial charge in [0.05, 0.1) is 18.5 Å². The van der Waals surface area contributed by atoms with Crippen molar-refractivity contribution in [3.8, 4) is 0 Å². The first-order chi connectivity index (χ1) is 8.15. The predicted octanol–water partition coefficient (Wildman–Crippen LogP) is 0.716. The fourth-order valence-electron chi connectivity index (χ4n) is 1.50. The molecule has 6 nitrogen and oxygen atoms in total. The van der Waals surface area contributed by atoms with Crippen LogP contribution in [0, 0.1) is 5.92 Å². The topological polar surface area (TPSA) is 83.0 Å². The second-order valence-electron chi connectivity index (χ2n) is 4.19. The van der Waals surface area contributed by atoms with Crippen LogP contribution in [0.2, 0.25) is 0 Å². The van der Waals surface area contributed by atoms with E-state index in [0.29, 0.717) is 24.8 Å². The van der Waals surface area contributed by atoms with Gasteiger partial charge in [0.15, 0.2) is 0 Å². The Morgan fingerprint density at radius 2 is 2.41 bits per heavy atom. The lowest BCUT2D eigenvalue weighted by Crippen LogP contribution is -2.17. The van der Waals surface area contributed by atoms with Gasteiger partial charge in [0.1, 0.15) is 6.54 Å². The molecule has 1 rings (SSSR count). The lowest BCUT2D eigenvalue weighted by Gasteiger charge is -2.10. The summed E-state index contributed by atoms with van der Waals surface area (Å²) in [5.74, 6) is 0.112. The minimum absolute atomic E-state index is 0.0891. The van der Waals surface area contributed by atoms with Crippen molar-refractivity contribution in [1.29, 1.82) is 0 Å². The van der Waals surface area contributed by atoms with Crippen LogP contribution >= 0.6 is 0 Å². The van der Waals surface area contributed by atoms with E-state index in [2.05, 4.69) is 24.2 Å². The zero-order chi connectivity index (χ0) is 12.7. The number of hydrogen-bond acceptors (Lipinski definition) is 5. The van der Waals surface area contributed by atoms with E-state index in [9.17, 15) is 4.79 Å².